The molecular weight excluding hydrogens is 182 g/mol. The summed E-state index contributed by atoms with van der Waals surface area (Å²) >= 11 is 0. The van der Waals surface area contributed by atoms with Gasteiger partial charge < -0.3 is 10.4 Å². The van der Waals surface area contributed by atoms with Gasteiger partial charge in [0.1, 0.15) is 0 Å². The minimum atomic E-state index is -2.59. The van der Waals surface area contributed by atoms with Crippen LogP contribution >= 0.6 is 0 Å². The van der Waals surface area contributed by atoms with Crippen molar-refractivity contribution in [3.05, 3.63) is 0 Å². The zero-order valence-corrected chi connectivity index (χ0v) is 7.09. The lowest BCUT2D eigenvalue weighted by Gasteiger charge is -2.14. The number of nitrogens with one attached hydrogen (secondary N) is 1. The predicted molar refractivity (Wildman–Crippen MR) is 42.0 cm³/mol. The van der Waals surface area contributed by atoms with Crippen LogP contribution in [0, 0.1) is 0 Å². The molecule has 1 aliphatic heterocycles. The summed E-state index contributed by atoms with van der Waals surface area (Å²) in [5.74, 6) is -2.59. The third kappa shape index (κ3) is 3.54. The molecule has 1 rings (SSSR count). The largest absolute Gasteiger partial charge is 0.465 e. The third-order valence-corrected chi connectivity index (χ3v) is 1.95. The fourth-order valence-corrected chi connectivity index (χ4v) is 1.32. The molecule has 4 nitrogen and oxygen atoms in total. The Bertz CT molecular complexity index is 199. The minimum absolute atomic E-state index is 0.125. The van der Waals surface area contributed by atoms with Gasteiger partial charge in [-0.3, -0.25) is 4.90 Å². The third-order valence-electron chi connectivity index (χ3n) is 1.95. The molecule has 0 aromatic heterocycles. The zero-order valence-electron chi connectivity index (χ0n) is 7.09. The molecule has 0 aliphatic carbocycles. The lowest BCUT2D eigenvalue weighted by Crippen LogP contribution is -2.34. The molecule has 1 amide bonds. The fourth-order valence-electron chi connectivity index (χ4n) is 1.32. The maximum Gasteiger partial charge on any atom is 0.404 e. The van der Waals surface area contributed by atoms with Gasteiger partial charge in [-0.2, -0.15) is 0 Å². The van der Waals surface area contributed by atoms with Gasteiger partial charge in [0.25, 0.3) is 5.92 Å². The number of likely N-dealkylation sites (tertiary alicyclic amines) is 1. The molecule has 1 heterocycles. The monoisotopic (exact) mass is 194 g/mol. The first kappa shape index (κ1) is 10.2. The van der Waals surface area contributed by atoms with Crippen molar-refractivity contribution < 1.29 is 18.7 Å². The number of alkyl halides is 2. The van der Waals surface area contributed by atoms with Gasteiger partial charge in [-0.15, -0.1) is 0 Å². The van der Waals surface area contributed by atoms with Crippen LogP contribution in [0.2, 0.25) is 0 Å². The molecule has 0 bridgehead atoms. The molecule has 0 aromatic carbocycles. The maximum atomic E-state index is 12.6. The molecule has 0 radical (unpaired) electrons. The Hall–Kier alpha value is -0.910. The van der Waals surface area contributed by atoms with Crippen molar-refractivity contribution in [2.24, 2.45) is 0 Å². The van der Waals surface area contributed by atoms with E-state index < -0.39 is 12.0 Å². The van der Waals surface area contributed by atoms with Gasteiger partial charge in [0.15, 0.2) is 0 Å². The topological polar surface area (TPSA) is 52.6 Å². The van der Waals surface area contributed by atoms with Crippen LogP contribution in [0.3, 0.4) is 0 Å². The van der Waals surface area contributed by atoms with E-state index in [1.807, 2.05) is 0 Å². The summed E-state index contributed by atoms with van der Waals surface area (Å²) < 4.78 is 25.2. The van der Waals surface area contributed by atoms with Crippen LogP contribution in [0.15, 0.2) is 0 Å². The first-order valence-corrected chi connectivity index (χ1v) is 4.07. The highest BCUT2D eigenvalue weighted by atomic mass is 19.3. The van der Waals surface area contributed by atoms with Crippen LogP contribution in [0.5, 0.6) is 0 Å². The van der Waals surface area contributed by atoms with Crippen molar-refractivity contribution in [2.45, 2.75) is 12.3 Å². The first-order chi connectivity index (χ1) is 5.99. The molecule has 0 saturated carbocycles. The summed E-state index contributed by atoms with van der Waals surface area (Å²) in [6, 6.07) is 0. The molecule has 1 aliphatic rings. The van der Waals surface area contributed by atoms with Gasteiger partial charge >= 0.3 is 6.09 Å². The smallest absolute Gasteiger partial charge is 0.404 e. The van der Waals surface area contributed by atoms with Gasteiger partial charge in [-0.1, -0.05) is 0 Å². The average molecular weight is 194 g/mol. The summed E-state index contributed by atoms with van der Waals surface area (Å²) in [6.07, 6.45) is -1.24. The quantitative estimate of drug-likeness (QED) is 0.691. The van der Waals surface area contributed by atoms with E-state index >= 15 is 0 Å². The number of hydrogen-bond acceptors (Lipinski definition) is 2. The summed E-state index contributed by atoms with van der Waals surface area (Å²) in [6.45, 7) is 0.635. The second-order valence-corrected chi connectivity index (χ2v) is 3.11. The van der Waals surface area contributed by atoms with Crippen LogP contribution in [0.4, 0.5) is 13.6 Å². The van der Waals surface area contributed by atoms with Crippen LogP contribution < -0.4 is 5.32 Å². The number of nitrogens with zero attached hydrogens (tertiary/aromatic N) is 1. The summed E-state index contributed by atoms with van der Waals surface area (Å²) in [5.41, 5.74) is 0. The molecule has 0 atom stereocenters. The lowest BCUT2D eigenvalue weighted by molar-refractivity contribution is 0.0124. The van der Waals surface area contributed by atoms with Gasteiger partial charge in [-0.25, -0.2) is 13.6 Å². The lowest BCUT2D eigenvalue weighted by atomic mass is 10.3. The zero-order chi connectivity index (χ0) is 9.90. The van der Waals surface area contributed by atoms with E-state index in [4.69, 9.17) is 5.11 Å². The van der Waals surface area contributed by atoms with Crippen LogP contribution in [0.1, 0.15) is 6.42 Å². The van der Waals surface area contributed by atoms with Crippen molar-refractivity contribution in [1.82, 2.24) is 10.2 Å². The Morgan fingerprint density at radius 1 is 1.62 bits per heavy atom. The normalized spacial score (nSPS) is 21.7. The Balaban J connectivity index is 2.14. The van der Waals surface area contributed by atoms with Crippen molar-refractivity contribution in [3.63, 3.8) is 0 Å². The second-order valence-electron chi connectivity index (χ2n) is 3.11. The molecule has 1 fully saturated rings. The number of halogens is 2. The van der Waals surface area contributed by atoms with Crippen molar-refractivity contribution in [1.29, 1.82) is 0 Å². The first-order valence-electron chi connectivity index (χ1n) is 4.07. The molecule has 76 valence electrons. The Morgan fingerprint density at radius 3 is 2.77 bits per heavy atom. The van der Waals surface area contributed by atoms with Gasteiger partial charge in [0.05, 0.1) is 6.54 Å². The molecule has 6 heteroatoms. The van der Waals surface area contributed by atoms with Gasteiger partial charge in [0, 0.05) is 26.1 Å². The van der Waals surface area contributed by atoms with Gasteiger partial charge in [-0.05, 0) is 0 Å². The van der Waals surface area contributed by atoms with Crippen LogP contribution in [-0.4, -0.2) is 48.2 Å². The van der Waals surface area contributed by atoms with E-state index in [1.165, 1.54) is 0 Å². The molecular formula is C7H12F2N2O2. The van der Waals surface area contributed by atoms with Gasteiger partial charge in [0.2, 0.25) is 0 Å². The molecule has 0 spiro atoms. The maximum absolute atomic E-state index is 12.6. The second kappa shape index (κ2) is 3.87. The van der Waals surface area contributed by atoms with E-state index in [0.29, 0.717) is 13.1 Å². The molecule has 1 saturated heterocycles. The highest BCUT2D eigenvalue weighted by Gasteiger charge is 2.37. The molecule has 13 heavy (non-hydrogen) atoms. The molecule has 0 unspecified atom stereocenters. The van der Waals surface area contributed by atoms with Crippen molar-refractivity contribution in [2.75, 3.05) is 26.2 Å². The standard InChI is InChI=1S/C7H12F2N2O2/c8-7(9)1-3-11(5-7)4-2-10-6(12)13/h10H,1-5H2,(H,12,13). The SMILES string of the molecule is O=C(O)NCCN1CCC(F)(F)C1. The number of carboxylic acid groups (broad SMARTS) is 1. The van der Waals surface area contributed by atoms with Crippen molar-refractivity contribution >= 4 is 6.09 Å². The Morgan fingerprint density at radius 2 is 2.31 bits per heavy atom. The number of hydrogen-bond donors (Lipinski definition) is 2. The Kier molecular flexibility index (Phi) is 3.02. The number of rotatable bonds is 3. The van der Waals surface area contributed by atoms with Crippen molar-refractivity contribution in [3.8, 4) is 0 Å². The van der Waals surface area contributed by atoms with E-state index in [-0.39, 0.29) is 19.5 Å². The minimum Gasteiger partial charge on any atom is -0.465 e. The highest BCUT2D eigenvalue weighted by Crippen LogP contribution is 2.25. The van der Waals surface area contributed by atoms with E-state index in [0.717, 1.165) is 0 Å². The Labute approximate surface area is 74.5 Å². The van der Waals surface area contributed by atoms with E-state index in [9.17, 15) is 13.6 Å². The van der Waals surface area contributed by atoms with E-state index in [2.05, 4.69) is 5.32 Å². The summed E-state index contributed by atoms with van der Waals surface area (Å²) in [5, 5.41) is 10.3. The number of amides is 1. The summed E-state index contributed by atoms with van der Waals surface area (Å²) in [7, 11) is 0. The number of carbonyl (C=O) groups is 1. The van der Waals surface area contributed by atoms with Crippen LogP contribution in [0.25, 0.3) is 0 Å². The highest BCUT2D eigenvalue weighted by molar-refractivity contribution is 5.64. The van der Waals surface area contributed by atoms with E-state index in [1.54, 1.807) is 4.90 Å². The predicted octanol–water partition coefficient (Wildman–Crippen LogP) is 0.595. The average Bonchev–Trinajstić information content (AvgIpc) is 2.29. The fraction of sp³-hybridized carbons (Fsp3) is 0.857. The van der Waals surface area contributed by atoms with Crippen LogP contribution in [-0.2, 0) is 0 Å². The molecule has 2 N–H and O–H groups in total. The summed E-state index contributed by atoms with van der Waals surface area (Å²) in [4.78, 5) is 11.6. The molecule has 0 aromatic rings.